The van der Waals surface area contributed by atoms with E-state index in [2.05, 4.69) is 27.3 Å². The Morgan fingerprint density at radius 1 is 1.50 bits per heavy atom. The third-order valence-corrected chi connectivity index (χ3v) is 4.09. The molecule has 2 heterocycles. The van der Waals surface area contributed by atoms with Crippen molar-refractivity contribution < 1.29 is 4.79 Å². The monoisotopic (exact) mass is 269 g/mol. The summed E-state index contributed by atoms with van der Waals surface area (Å²) in [5.41, 5.74) is 5.45. The van der Waals surface area contributed by atoms with Gasteiger partial charge < -0.3 is 16.0 Å². The number of hydrogen-bond donors (Lipinski definition) is 2. The molecule has 1 aromatic heterocycles. The molecule has 100 valence electrons. The number of likely N-dealkylation sites (tertiary alicyclic amines) is 1. The van der Waals surface area contributed by atoms with Gasteiger partial charge >= 0.3 is 0 Å². The Morgan fingerprint density at radius 3 is 2.78 bits per heavy atom. The lowest BCUT2D eigenvalue weighted by molar-refractivity contribution is 0.0936. The van der Waals surface area contributed by atoms with Crippen LogP contribution >= 0.6 is 11.3 Å². The van der Waals surface area contributed by atoms with Gasteiger partial charge in [-0.25, -0.2) is 0 Å². The zero-order chi connectivity index (χ0) is 13.0. The van der Waals surface area contributed by atoms with Gasteiger partial charge in [0.15, 0.2) is 0 Å². The van der Waals surface area contributed by atoms with E-state index in [-0.39, 0.29) is 5.91 Å². The van der Waals surface area contributed by atoms with Gasteiger partial charge in [0.05, 0.1) is 0 Å². The van der Waals surface area contributed by atoms with E-state index in [9.17, 15) is 4.79 Å². The van der Waals surface area contributed by atoms with E-state index in [1.165, 1.54) is 0 Å². The highest BCUT2D eigenvalue weighted by Crippen LogP contribution is 2.16. The molecule has 3 N–H and O–H groups in total. The number of nitrogens with two attached hydrogens (primary N) is 1. The normalized spacial score (nSPS) is 17.8. The summed E-state index contributed by atoms with van der Waals surface area (Å²) in [6, 6.07) is 0. The summed E-state index contributed by atoms with van der Waals surface area (Å²) in [5.74, 6) is 0.407. The zero-order valence-electron chi connectivity index (χ0n) is 10.6. The average molecular weight is 269 g/mol. The molecule has 0 aliphatic carbocycles. The second-order valence-electron chi connectivity index (χ2n) is 4.53. The predicted octanol–water partition coefficient (Wildman–Crippen LogP) is 0.582. The maximum Gasteiger partial charge on any atom is 0.282 e. The predicted molar refractivity (Wildman–Crippen MR) is 71.5 cm³/mol. The summed E-state index contributed by atoms with van der Waals surface area (Å²) in [4.78, 5) is 14.2. The summed E-state index contributed by atoms with van der Waals surface area (Å²) in [7, 11) is 0. The number of nitrogens with zero attached hydrogens (tertiary/aromatic N) is 3. The molecule has 0 aromatic carbocycles. The lowest BCUT2D eigenvalue weighted by atomic mass is 9.97. The number of carbonyl (C=O) groups is 1. The van der Waals surface area contributed by atoms with Crippen LogP contribution in [0.5, 0.6) is 0 Å². The van der Waals surface area contributed by atoms with E-state index in [0.717, 1.165) is 50.4 Å². The molecular formula is C11H19N5OS. The molecule has 0 unspecified atom stereocenters. The molecule has 1 aromatic rings. The van der Waals surface area contributed by atoms with Gasteiger partial charge in [0.2, 0.25) is 10.1 Å². The van der Waals surface area contributed by atoms with Gasteiger partial charge in [-0.05, 0) is 38.4 Å². The third-order valence-electron chi connectivity index (χ3n) is 3.34. The smallest absolute Gasteiger partial charge is 0.282 e. The molecule has 0 spiro atoms. The van der Waals surface area contributed by atoms with Crippen LogP contribution in [-0.4, -0.2) is 47.2 Å². The van der Waals surface area contributed by atoms with Crippen molar-refractivity contribution in [2.24, 2.45) is 5.92 Å². The fourth-order valence-electron chi connectivity index (χ4n) is 2.15. The van der Waals surface area contributed by atoms with Crippen LogP contribution in [0.25, 0.3) is 0 Å². The van der Waals surface area contributed by atoms with E-state index in [0.29, 0.717) is 16.1 Å². The van der Waals surface area contributed by atoms with Crippen LogP contribution < -0.4 is 11.1 Å². The highest BCUT2D eigenvalue weighted by molar-refractivity contribution is 7.16. The number of aromatic nitrogens is 2. The van der Waals surface area contributed by atoms with Crippen LogP contribution in [0.15, 0.2) is 0 Å². The number of nitrogens with one attached hydrogen (secondary N) is 1. The number of anilines is 1. The Hall–Kier alpha value is -1.21. The standard InChI is InChI=1S/C11H19N5OS/c1-2-16-5-3-8(4-6-16)7-13-9(17)10-14-15-11(12)18-10/h8H,2-7H2,1H3,(H2,12,15)(H,13,17). The Kier molecular flexibility index (Phi) is 4.48. The van der Waals surface area contributed by atoms with Crippen LogP contribution in [0.1, 0.15) is 29.6 Å². The lowest BCUT2D eigenvalue weighted by Crippen LogP contribution is -2.38. The van der Waals surface area contributed by atoms with Crippen molar-refractivity contribution in [1.29, 1.82) is 0 Å². The molecular weight excluding hydrogens is 250 g/mol. The minimum Gasteiger partial charge on any atom is -0.374 e. The van der Waals surface area contributed by atoms with E-state index in [1.807, 2.05) is 0 Å². The maximum absolute atomic E-state index is 11.8. The quantitative estimate of drug-likeness (QED) is 0.835. The van der Waals surface area contributed by atoms with Crippen molar-refractivity contribution in [2.45, 2.75) is 19.8 Å². The van der Waals surface area contributed by atoms with Crippen molar-refractivity contribution in [3.05, 3.63) is 5.01 Å². The number of carbonyl (C=O) groups excluding carboxylic acids is 1. The van der Waals surface area contributed by atoms with E-state index >= 15 is 0 Å². The SMILES string of the molecule is CCN1CCC(CNC(=O)c2nnc(N)s2)CC1. The number of piperidine rings is 1. The minimum atomic E-state index is -0.165. The second-order valence-corrected chi connectivity index (χ2v) is 5.54. The first-order valence-electron chi connectivity index (χ1n) is 6.28. The lowest BCUT2D eigenvalue weighted by Gasteiger charge is -2.30. The molecule has 6 nitrogen and oxygen atoms in total. The number of nitrogen functional groups attached to an aromatic ring is 1. The van der Waals surface area contributed by atoms with Crippen molar-refractivity contribution in [1.82, 2.24) is 20.4 Å². The fraction of sp³-hybridized carbons (Fsp3) is 0.727. The van der Waals surface area contributed by atoms with Gasteiger partial charge in [0, 0.05) is 6.54 Å². The molecule has 1 aliphatic heterocycles. The van der Waals surface area contributed by atoms with Crippen LogP contribution in [0, 0.1) is 5.92 Å². The summed E-state index contributed by atoms with van der Waals surface area (Å²) >= 11 is 1.12. The van der Waals surface area contributed by atoms with Gasteiger partial charge in [-0.3, -0.25) is 4.79 Å². The van der Waals surface area contributed by atoms with Gasteiger partial charge in [-0.2, -0.15) is 0 Å². The van der Waals surface area contributed by atoms with Crippen molar-refractivity contribution >= 4 is 22.4 Å². The van der Waals surface area contributed by atoms with Crippen molar-refractivity contribution in [3.8, 4) is 0 Å². The number of rotatable bonds is 4. The molecule has 7 heteroatoms. The molecule has 1 aliphatic rings. The van der Waals surface area contributed by atoms with Gasteiger partial charge in [0.1, 0.15) is 0 Å². The maximum atomic E-state index is 11.8. The Morgan fingerprint density at radius 2 is 2.22 bits per heavy atom. The van der Waals surface area contributed by atoms with E-state index in [4.69, 9.17) is 5.73 Å². The molecule has 0 radical (unpaired) electrons. The first kappa shape index (κ1) is 13.2. The zero-order valence-corrected chi connectivity index (χ0v) is 11.4. The molecule has 1 amide bonds. The molecule has 2 rings (SSSR count). The van der Waals surface area contributed by atoms with E-state index < -0.39 is 0 Å². The van der Waals surface area contributed by atoms with Gasteiger partial charge in [0.25, 0.3) is 5.91 Å². The highest BCUT2D eigenvalue weighted by Gasteiger charge is 2.19. The fourth-order valence-corrected chi connectivity index (χ4v) is 2.67. The van der Waals surface area contributed by atoms with Crippen LogP contribution in [0.3, 0.4) is 0 Å². The first-order chi connectivity index (χ1) is 8.69. The molecule has 1 saturated heterocycles. The van der Waals surface area contributed by atoms with Crippen molar-refractivity contribution in [3.63, 3.8) is 0 Å². The second kappa shape index (κ2) is 6.10. The molecule has 0 saturated carbocycles. The Labute approximate surface area is 111 Å². The molecule has 18 heavy (non-hydrogen) atoms. The number of amides is 1. The Bertz CT molecular complexity index is 400. The van der Waals surface area contributed by atoms with Gasteiger partial charge in [-0.15, -0.1) is 10.2 Å². The number of hydrogen-bond acceptors (Lipinski definition) is 6. The topological polar surface area (TPSA) is 84.1 Å². The largest absolute Gasteiger partial charge is 0.374 e. The summed E-state index contributed by atoms with van der Waals surface area (Å²) in [6.45, 7) is 6.27. The molecule has 1 fully saturated rings. The van der Waals surface area contributed by atoms with Crippen LogP contribution in [-0.2, 0) is 0 Å². The summed E-state index contributed by atoms with van der Waals surface area (Å²) in [5, 5.41) is 10.9. The molecule has 0 bridgehead atoms. The first-order valence-corrected chi connectivity index (χ1v) is 7.10. The van der Waals surface area contributed by atoms with E-state index in [1.54, 1.807) is 0 Å². The summed E-state index contributed by atoms with van der Waals surface area (Å²) in [6.07, 6.45) is 2.29. The molecule has 0 atom stereocenters. The van der Waals surface area contributed by atoms with Gasteiger partial charge in [-0.1, -0.05) is 18.3 Å². The summed E-state index contributed by atoms with van der Waals surface area (Å²) < 4.78 is 0. The highest BCUT2D eigenvalue weighted by atomic mass is 32.1. The van der Waals surface area contributed by atoms with Crippen molar-refractivity contribution in [2.75, 3.05) is 31.9 Å². The Balaban J connectivity index is 1.74. The minimum absolute atomic E-state index is 0.165. The third kappa shape index (κ3) is 3.39. The average Bonchev–Trinajstić information content (AvgIpc) is 2.83. The van der Waals surface area contributed by atoms with Crippen LogP contribution in [0.2, 0.25) is 0 Å². The van der Waals surface area contributed by atoms with Crippen LogP contribution in [0.4, 0.5) is 5.13 Å².